The largest absolute Gasteiger partial charge is 1.00 e. The van der Waals surface area contributed by atoms with Gasteiger partial charge in [0.15, 0.2) is 0 Å². The molecule has 0 heterocycles. The molecule has 3 aromatic carbocycles. The van der Waals surface area contributed by atoms with Gasteiger partial charge < -0.3 is 21.7 Å². The van der Waals surface area contributed by atoms with Gasteiger partial charge in [-0.3, -0.25) is 0 Å². The minimum Gasteiger partial charge on any atom is -1.00 e. The highest BCUT2D eigenvalue weighted by Gasteiger charge is 2.45. The van der Waals surface area contributed by atoms with Crippen molar-refractivity contribution in [1.82, 2.24) is 0 Å². The highest BCUT2D eigenvalue weighted by molar-refractivity contribution is 7.95. The Hall–Kier alpha value is -2.74. The molecule has 0 N–H and O–H groups in total. The molecule has 34 heavy (non-hydrogen) atoms. The number of hydrogen-bond donors (Lipinski definition) is 0. The smallest absolute Gasteiger partial charge is 0.330 e. The number of halogens is 1. The zero-order chi connectivity index (χ0) is 23.5. The van der Waals surface area contributed by atoms with Gasteiger partial charge in [0.05, 0.1) is 12.8 Å². The number of carbonyl (C=O) groups is 1. The lowest BCUT2D eigenvalue weighted by Crippen LogP contribution is -3.00. The van der Waals surface area contributed by atoms with Crippen LogP contribution >= 0.6 is 7.26 Å². The van der Waals surface area contributed by atoms with Crippen LogP contribution in [0.25, 0.3) is 0 Å². The number of hydrogen-bond acceptors (Lipinski definition) is 2. The monoisotopic (exact) mass is 534 g/mol. The Morgan fingerprint density at radius 3 is 1.65 bits per heavy atom. The van der Waals surface area contributed by atoms with E-state index in [0.717, 1.165) is 11.7 Å². The van der Waals surface area contributed by atoms with Gasteiger partial charge in [0.2, 0.25) is 0 Å². The van der Waals surface area contributed by atoms with E-state index in [4.69, 9.17) is 4.74 Å². The van der Waals surface area contributed by atoms with Crippen molar-refractivity contribution in [3.63, 3.8) is 0 Å². The van der Waals surface area contributed by atoms with Crippen LogP contribution in [-0.2, 0) is 9.53 Å². The summed E-state index contributed by atoms with van der Waals surface area (Å²) in [4.78, 5) is 11.7. The first-order valence-electron chi connectivity index (χ1n) is 11.3. The molecule has 0 spiro atoms. The molecule has 0 bridgehead atoms. The van der Waals surface area contributed by atoms with Gasteiger partial charge in [0.25, 0.3) is 0 Å². The lowest BCUT2D eigenvalue weighted by molar-refractivity contribution is -0.137. The van der Waals surface area contributed by atoms with Crippen LogP contribution in [0.15, 0.2) is 126 Å². The van der Waals surface area contributed by atoms with Crippen LogP contribution in [0.4, 0.5) is 0 Å². The second-order valence-corrected chi connectivity index (χ2v) is 11.5. The van der Waals surface area contributed by atoms with E-state index >= 15 is 0 Å². The van der Waals surface area contributed by atoms with Gasteiger partial charge in [-0.15, -0.1) is 0 Å². The Morgan fingerprint density at radius 2 is 1.24 bits per heavy atom. The fourth-order valence-corrected chi connectivity index (χ4v) is 8.32. The van der Waals surface area contributed by atoms with Gasteiger partial charge in [-0.1, -0.05) is 72.8 Å². The summed E-state index contributed by atoms with van der Waals surface area (Å²) in [6.07, 6.45) is 8.60. The molecule has 0 saturated heterocycles. The van der Waals surface area contributed by atoms with E-state index in [1.807, 2.05) is 26.0 Å². The molecule has 0 amide bonds. The number of carbonyl (C=O) groups excluding carboxylic acids is 1. The molecule has 0 fully saturated rings. The predicted octanol–water partition coefficient (Wildman–Crippen LogP) is 3.00. The van der Waals surface area contributed by atoms with Crippen molar-refractivity contribution < 1.29 is 26.5 Å². The summed E-state index contributed by atoms with van der Waals surface area (Å²) in [5.74, 6) is -0.303. The van der Waals surface area contributed by atoms with Crippen molar-refractivity contribution in [3.05, 3.63) is 126 Å². The lowest BCUT2D eigenvalue weighted by atomic mass is 10.2. The van der Waals surface area contributed by atoms with E-state index in [9.17, 15) is 4.79 Å². The van der Waals surface area contributed by atoms with Gasteiger partial charge in [-0.05, 0) is 68.3 Å². The summed E-state index contributed by atoms with van der Waals surface area (Å²) in [6, 6.07) is 32.7. The molecule has 0 atom stereocenters. The SMILES string of the molecule is CCOC(=O)/C=C(C)/C=C/C=C(\C)C[P+](c1ccccc1)(c1ccccc1)c1ccccc1.[Br-]. The van der Waals surface area contributed by atoms with Gasteiger partial charge in [-0.25, -0.2) is 4.79 Å². The van der Waals surface area contributed by atoms with E-state index in [1.165, 1.54) is 27.6 Å². The molecular formula is C30H32BrO2P. The first-order chi connectivity index (χ1) is 16.1. The molecule has 3 aromatic rings. The average molecular weight is 535 g/mol. The Labute approximate surface area is 215 Å². The molecule has 0 radical (unpaired) electrons. The van der Waals surface area contributed by atoms with Crippen LogP contribution in [0.2, 0.25) is 0 Å². The molecule has 0 aliphatic carbocycles. The summed E-state index contributed by atoms with van der Waals surface area (Å²) in [6.45, 7) is 6.30. The highest BCUT2D eigenvalue weighted by atomic mass is 79.9. The van der Waals surface area contributed by atoms with E-state index in [-0.39, 0.29) is 23.0 Å². The number of benzene rings is 3. The normalized spacial score (nSPS) is 12.3. The molecule has 176 valence electrons. The molecule has 0 unspecified atom stereocenters. The van der Waals surface area contributed by atoms with Crippen molar-refractivity contribution in [1.29, 1.82) is 0 Å². The molecule has 0 aliphatic rings. The van der Waals surface area contributed by atoms with Crippen molar-refractivity contribution in [2.45, 2.75) is 20.8 Å². The zero-order valence-electron chi connectivity index (χ0n) is 20.0. The van der Waals surface area contributed by atoms with Crippen LogP contribution in [0.5, 0.6) is 0 Å². The third-order valence-corrected chi connectivity index (χ3v) is 9.96. The maximum atomic E-state index is 11.7. The van der Waals surface area contributed by atoms with Gasteiger partial charge in [0.1, 0.15) is 23.2 Å². The zero-order valence-corrected chi connectivity index (χ0v) is 22.5. The predicted molar refractivity (Wildman–Crippen MR) is 143 cm³/mol. The second kappa shape index (κ2) is 13.8. The maximum Gasteiger partial charge on any atom is 0.330 e. The van der Waals surface area contributed by atoms with Crippen LogP contribution < -0.4 is 32.9 Å². The summed E-state index contributed by atoms with van der Waals surface area (Å²) < 4.78 is 4.99. The van der Waals surface area contributed by atoms with E-state index in [2.05, 4.69) is 104 Å². The highest BCUT2D eigenvalue weighted by Crippen LogP contribution is 2.56. The average Bonchev–Trinajstić information content (AvgIpc) is 2.84. The molecule has 0 aliphatic heterocycles. The standard InChI is InChI=1S/C30H32O2P.BrH/c1-4-32-30(31)23-25(2)15-14-16-26(3)24-33(27-17-8-5-9-18-27,28-19-10-6-11-20-28)29-21-12-7-13-22-29;/h5-23H,4,24H2,1-3H3;1H/q+1;/p-1/b15-14+,25-23+,26-16+;. The molecule has 4 heteroatoms. The van der Waals surface area contributed by atoms with E-state index in [1.54, 1.807) is 0 Å². The fraction of sp³-hybridized carbons (Fsp3) is 0.167. The Morgan fingerprint density at radius 1 is 0.794 bits per heavy atom. The van der Waals surface area contributed by atoms with Gasteiger partial charge in [-0.2, -0.15) is 0 Å². The Kier molecular flexibility index (Phi) is 11.2. The Balaban J connectivity index is 0.00000408. The van der Waals surface area contributed by atoms with Crippen LogP contribution in [0.1, 0.15) is 20.8 Å². The lowest BCUT2D eigenvalue weighted by Gasteiger charge is -2.28. The maximum absolute atomic E-state index is 11.7. The van der Waals surface area contributed by atoms with Gasteiger partial charge >= 0.3 is 5.97 Å². The topological polar surface area (TPSA) is 26.3 Å². The first kappa shape index (κ1) is 27.5. The third-order valence-electron chi connectivity index (χ3n) is 5.45. The minimum absolute atomic E-state index is 0. The number of ether oxygens (including phenoxy) is 1. The van der Waals surface area contributed by atoms with Crippen molar-refractivity contribution in [3.8, 4) is 0 Å². The third kappa shape index (κ3) is 7.13. The number of esters is 1. The van der Waals surface area contributed by atoms with Crippen molar-refractivity contribution in [2.75, 3.05) is 12.8 Å². The molecule has 0 saturated carbocycles. The molecule has 0 aromatic heterocycles. The van der Waals surface area contributed by atoms with Crippen molar-refractivity contribution in [2.24, 2.45) is 0 Å². The molecule has 3 rings (SSSR count). The number of rotatable bonds is 9. The van der Waals surface area contributed by atoms with Crippen molar-refractivity contribution >= 4 is 29.1 Å². The fourth-order valence-electron chi connectivity index (χ4n) is 3.98. The summed E-state index contributed by atoms with van der Waals surface area (Å²) in [5.41, 5.74) is 2.16. The van der Waals surface area contributed by atoms with E-state index in [0.29, 0.717) is 6.61 Å². The molecular weight excluding hydrogens is 503 g/mol. The summed E-state index contributed by atoms with van der Waals surface area (Å²) >= 11 is 0. The van der Waals surface area contributed by atoms with Crippen LogP contribution in [0.3, 0.4) is 0 Å². The quantitative estimate of drug-likeness (QED) is 0.182. The van der Waals surface area contributed by atoms with Gasteiger partial charge in [0, 0.05) is 6.08 Å². The van der Waals surface area contributed by atoms with Crippen LogP contribution in [0, 0.1) is 0 Å². The summed E-state index contributed by atoms with van der Waals surface area (Å²) in [5, 5.41) is 4.12. The van der Waals surface area contributed by atoms with E-state index < -0.39 is 7.26 Å². The van der Waals surface area contributed by atoms with Crippen LogP contribution in [-0.4, -0.2) is 18.7 Å². The first-order valence-corrected chi connectivity index (χ1v) is 13.3. The second-order valence-electron chi connectivity index (χ2n) is 7.99. The summed E-state index contributed by atoms with van der Waals surface area (Å²) in [7, 11) is -1.90. The number of allylic oxidation sites excluding steroid dienone is 5. The molecule has 2 nitrogen and oxygen atoms in total. The minimum atomic E-state index is -1.90. The Bertz CT molecular complexity index is 1020.